The van der Waals surface area contributed by atoms with Gasteiger partial charge in [-0.2, -0.15) is 0 Å². The van der Waals surface area contributed by atoms with Gasteiger partial charge in [-0.25, -0.2) is 9.69 Å². The summed E-state index contributed by atoms with van der Waals surface area (Å²) in [5.41, 5.74) is 4.49. The van der Waals surface area contributed by atoms with Crippen LogP contribution < -0.4 is 26.2 Å². The molecule has 5 atom stereocenters. The number of nitrogens with one attached hydrogen (secondary N) is 4. The number of rotatable bonds is 15. The fraction of sp³-hybridized carbons (Fsp3) is 0.366. The Hall–Kier alpha value is -5.55. The molecular formula is C41H43BrN6O9S. The van der Waals surface area contributed by atoms with Gasteiger partial charge in [-0.15, -0.1) is 11.8 Å². The number of aldehydes is 1. The summed E-state index contributed by atoms with van der Waals surface area (Å²) in [6.07, 6.45) is 0.387. The monoisotopic (exact) mass is 874 g/mol. The van der Waals surface area contributed by atoms with E-state index in [4.69, 9.17) is 4.74 Å². The van der Waals surface area contributed by atoms with Crippen LogP contribution >= 0.6 is 27.7 Å². The van der Waals surface area contributed by atoms with Crippen molar-refractivity contribution in [1.29, 1.82) is 0 Å². The van der Waals surface area contributed by atoms with Crippen molar-refractivity contribution in [2.45, 2.75) is 68.4 Å². The fourth-order valence-corrected chi connectivity index (χ4v) is 8.69. The Balaban J connectivity index is 1.10. The van der Waals surface area contributed by atoms with Crippen LogP contribution in [-0.2, 0) is 38.3 Å². The number of likely N-dealkylation sites (tertiary alicyclic amines) is 1. The first-order valence-corrected chi connectivity index (χ1v) is 20.7. The molecule has 304 valence electrons. The van der Waals surface area contributed by atoms with Crippen LogP contribution in [0, 0.1) is 0 Å². The highest BCUT2D eigenvalue weighted by molar-refractivity contribution is 9.10. The van der Waals surface area contributed by atoms with E-state index in [1.54, 1.807) is 24.3 Å². The van der Waals surface area contributed by atoms with E-state index in [9.17, 15) is 38.4 Å². The van der Waals surface area contributed by atoms with Crippen molar-refractivity contribution in [3.8, 4) is 11.1 Å². The average Bonchev–Trinajstić information content (AvgIpc) is 3.92. The van der Waals surface area contributed by atoms with Crippen molar-refractivity contribution >= 4 is 81.2 Å². The first-order valence-electron chi connectivity index (χ1n) is 18.8. The number of anilines is 1. The Morgan fingerprint density at radius 3 is 2.21 bits per heavy atom. The van der Waals surface area contributed by atoms with Crippen LogP contribution in [0.4, 0.5) is 10.5 Å². The molecule has 2 fully saturated rings. The number of fused-ring (bicyclic) bond motifs is 3. The number of nitrogens with zero attached hydrogens (tertiary/aromatic N) is 2. The largest absolute Gasteiger partial charge is 0.449 e. The zero-order chi connectivity index (χ0) is 41.5. The van der Waals surface area contributed by atoms with Crippen molar-refractivity contribution in [3.63, 3.8) is 0 Å². The van der Waals surface area contributed by atoms with E-state index in [-0.39, 0.29) is 31.2 Å². The van der Waals surface area contributed by atoms with E-state index in [0.717, 1.165) is 43.4 Å². The molecular weight excluding hydrogens is 832 g/mol. The highest BCUT2D eigenvalue weighted by Gasteiger charge is 2.41. The highest BCUT2D eigenvalue weighted by Crippen LogP contribution is 2.44. The van der Waals surface area contributed by atoms with E-state index in [0.29, 0.717) is 24.8 Å². The molecule has 0 spiro atoms. The van der Waals surface area contributed by atoms with Crippen molar-refractivity contribution in [2.24, 2.45) is 0 Å². The van der Waals surface area contributed by atoms with Crippen LogP contribution in [0.3, 0.4) is 0 Å². The second-order valence-electron chi connectivity index (χ2n) is 14.2. The van der Waals surface area contributed by atoms with Crippen molar-refractivity contribution in [1.82, 2.24) is 26.2 Å². The predicted octanol–water partition coefficient (Wildman–Crippen LogP) is 3.04. The zero-order valence-electron chi connectivity index (χ0n) is 31.8. The third-order valence-electron chi connectivity index (χ3n) is 10.2. The van der Waals surface area contributed by atoms with Crippen molar-refractivity contribution < 1.29 is 43.1 Å². The summed E-state index contributed by atoms with van der Waals surface area (Å²) < 4.78 is 6.48. The minimum absolute atomic E-state index is 0.0214. The van der Waals surface area contributed by atoms with Gasteiger partial charge < -0.3 is 35.7 Å². The third kappa shape index (κ3) is 9.58. The van der Waals surface area contributed by atoms with Crippen LogP contribution in [0.1, 0.15) is 50.2 Å². The van der Waals surface area contributed by atoms with Gasteiger partial charge in [0.15, 0.2) is 0 Å². The molecule has 2 aliphatic heterocycles. The summed E-state index contributed by atoms with van der Waals surface area (Å²) in [4.78, 5) is 106. The Kier molecular flexibility index (Phi) is 13.6. The molecule has 6 rings (SSSR count). The van der Waals surface area contributed by atoms with Crippen LogP contribution in [0.15, 0.2) is 77.3 Å². The minimum Gasteiger partial charge on any atom is -0.449 e. The standard InChI is InChI=1S/C41H43BrN6O9S/c1-23(20-49)44-37(52)24(2)45-39(54)33-12-7-17-47(33)36(51)19-43-38(53)32(22-58-34-18-35(50)48(40(34)55)26-15-13-25(42)14-16-26)46-41(56)57-21-31-29-10-5-3-8-27(29)28-9-4-6-11-30(28)31/h3-6,8-11,13-16,20,23-24,31-34H,7,12,17-19,21-22H2,1-2H3,(H,43,53)(H,44,52)(H,45,54)(H,46,56)/t23?,24?,32?,33-,34?/m0/s1. The fourth-order valence-electron chi connectivity index (χ4n) is 7.26. The molecule has 17 heteroatoms. The molecule has 2 heterocycles. The quantitative estimate of drug-likeness (QED) is 0.130. The molecule has 3 aromatic carbocycles. The Bertz CT molecular complexity index is 2060. The van der Waals surface area contributed by atoms with E-state index in [1.807, 2.05) is 48.5 Å². The lowest BCUT2D eigenvalue weighted by atomic mass is 9.98. The van der Waals surface area contributed by atoms with Gasteiger partial charge in [-0.3, -0.25) is 28.8 Å². The Morgan fingerprint density at radius 1 is 0.897 bits per heavy atom. The molecule has 3 aliphatic rings. The molecule has 3 aromatic rings. The first-order chi connectivity index (χ1) is 27.9. The maximum absolute atomic E-state index is 13.7. The van der Waals surface area contributed by atoms with Gasteiger partial charge in [0.25, 0.3) is 0 Å². The van der Waals surface area contributed by atoms with Gasteiger partial charge in [0, 0.05) is 29.1 Å². The lowest BCUT2D eigenvalue weighted by Gasteiger charge is -2.26. The number of carbonyl (C=O) groups excluding carboxylic acids is 8. The summed E-state index contributed by atoms with van der Waals surface area (Å²) in [6.45, 7) is 2.66. The number of hydrogen-bond acceptors (Lipinski definition) is 10. The third-order valence-corrected chi connectivity index (χ3v) is 12.0. The maximum Gasteiger partial charge on any atom is 0.407 e. The molecule has 58 heavy (non-hydrogen) atoms. The van der Waals surface area contributed by atoms with Crippen LogP contribution in [0.25, 0.3) is 11.1 Å². The molecule has 0 saturated carbocycles. The number of thioether (sulfide) groups is 1. The molecule has 15 nitrogen and oxygen atoms in total. The Morgan fingerprint density at radius 2 is 1.55 bits per heavy atom. The summed E-state index contributed by atoms with van der Waals surface area (Å²) in [5, 5.41) is 9.36. The molecule has 0 bridgehead atoms. The molecule has 1 aliphatic carbocycles. The molecule has 4 N–H and O–H groups in total. The maximum atomic E-state index is 13.7. The topological polar surface area (TPSA) is 200 Å². The van der Waals surface area contributed by atoms with Gasteiger partial charge in [-0.1, -0.05) is 64.5 Å². The van der Waals surface area contributed by atoms with Gasteiger partial charge in [0.2, 0.25) is 35.4 Å². The lowest BCUT2D eigenvalue weighted by Crippen LogP contribution is -2.55. The number of imide groups is 1. The second kappa shape index (κ2) is 18.8. The van der Waals surface area contributed by atoms with Crippen LogP contribution in [0.5, 0.6) is 0 Å². The zero-order valence-corrected chi connectivity index (χ0v) is 34.2. The van der Waals surface area contributed by atoms with Gasteiger partial charge >= 0.3 is 6.09 Å². The molecule has 2 saturated heterocycles. The minimum atomic E-state index is -1.29. The van der Waals surface area contributed by atoms with Crippen molar-refractivity contribution in [2.75, 3.05) is 30.3 Å². The number of benzene rings is 3. The number of hydrogen-bond donors (Lipinski definition) is 4. The number of alkyl carbamates (subject to hydrolysis) is 1. The van der Waals surface area contributed by atoms with Crippen LogP contribution in [0.2, 0.25) is 0 Å². The number of ether oxygens (including phenoxy) is 1. The van der Waals surface area contributed by atoms with E-state index in [1.165, 1.54) is 18.7 Å². The van der Waals surface area contributed by atoms with Gasteiger partial charge in [-0.05, 0) is 73.2 Å². The average molecular weight is 876 g/mol. The van der Waals surface area contributed by atoms with E-state index in [2.05, 4.69) is 37.2 Å². The van der Waals surface area contributed by atoms with Crippen LogP contribution in [-0.4, -0.2) is 108 Å². The summed E-state index contributed by atoms with van der Waals surface area (Å²) in [7, 11) is 0. The normalized spacial score (nSPS) is 18.7. The van der Waals surface area contributed by atoms with Gasteiger partial charge in [0.1, 0.15) is 31.0 Å². The predicted molar refractivity (Wildman–Crippen MR) is 219 cm³/mol. The Labute approximate surface area is 347 Å². The molecule has 4 unspecified atom stereocenters. The first kappa shape index (κ1) is 42.1. The molecule has 0 aromatic heterocycles. The molecule has 0 radical (unpaired) electrons. The second-order valence-corrected chi connectivity index (χ2v) is 16.4. The smallest absolute Gasteiger partial charge is 0.407 e. The summed E-state index contributed by atoms with van der Waals surface area (Å²) in [6, 6.07) is 18.5. The summed E-state index contributed by atoms with van der Waals surface area (Å²) >= 11 is 4.37. The number of carbonyl (C=O) groups is 8. The highest BCUT2D eigenvalue weighted by atomic mass is 79.9. The van der Waals surface area contributed by atoms with Gasteiger partial charge in [0.05, 0.1) is 23.5 Å². The number of amides is 7. The SMILES string of the molecule is CC(C=O)NC(=O)C(C)NC(=O)[C@@H]1CCCN1C(=O)CNC(=O)C(CSC1CC(=O)N(c2ccc(Br)cc2)C1=O)NC(=O)OCC1c2ccccc2-c2ccccc21. The number of halogens is 1. The van der Waals surface area contributed by atoms with E-state index >= 15 is 0 Å². The van der Waals surface area contributed by atoms with Crippen molar-refractivity contribution in [3.05, 3.63) is 88.4 Å². The lowest BCUT2D eigenvalue weighted by molar-refractivity contribution is -0.139. The summed E-state index contributed by atoms with van der Waals surface area (Å²) in [5.74, 6) is -3.68. The molecule has 7 amide bonds. The van der Waals surface area contributed by atoms with E-state index < -0.39 is 77.5 Å².